The van der Waals surface area contributed by atoms with Gasteiger partial charge in [0.15, 0.2) is 0 Å². The summed E-state index contributed by atoms with van der Waals surface area (Å²) in [5.41, 5.74) is 1.43. The summed E-state index contributed by atoms with van der Waals surface area (Å²) in [4.78, 5) is 30.6. The van der Waals surface area contributed by atoms with Crippen LogP contribution in [-0.2, 0) is 6.54 Å². The molecule has 0 aliphatic heterocycles. The van der Waals surface area contributed by atoms with Crippen molar-refractivity contribution in [3.05, 3.63) is 69.0 Å². The zero-order valence-electron chi connectivity index (χ0n) is 12.2. The van der Waals surface area contributed by atoms with Crippen LogP contribution < -0.4 is 5.56 Å². The number of rotatable bonds is 3. The summed E-state index contributed by atoms with van der Waals surface area (Å²) in [6.07, 6.45) is 1.33. The van der Waals surface area contributed by atoms with E-state index in [1.54, 1.807) is 19.2 Å². The smallest absolute Gasteiger partial charge is 0.266 e. The predicted molar refractivity (Wildman–Crippen MR) is 86.1 cm³/mol. The highest BCUT2D eigenvalue weighted by molar-refractivity contribution is 6.30. The first-order valence-electron chi connectivity index (χ1n) is 6.85. The van der Waals surface area contributed by atoms with E-state index in [4.69, 9.17) is 11.6 Å². The highest BCUT2D eigenvalue weighted by atomic mass is 35.5. The number of nitrogens with one attached hydrogen (secondary N) is 2. The maximum Gasteiger partial charge on any atom is 0.266 e. The Bertz CT molecular complexity index is 948. The number of H-pyrrole nitrogens is 2. The first kappa shape index (κ1) is 15.3. The zero-order valence-corrected chi connectivity index (χ0v) is 12.9. The lowest BCUT2D eigenvalue weighted by atomic mass is 10.2. The number of halogens is 2. The summed E-state index contributed by atoms with van der Waals surface area (Å²) in [7, 11) is 1.63. The number of carbonyl (C=O) groups is 1. The van der Waals surface area contributed by atoms with Gasteiger partial charge in [-0.1, -0.05) is 11.6 Å². The highest BCUT2D eigenvalue weighted by Crippen LogP contribution is 2.18. The van der Waals surface area contributed by atoms with Gasteiger partial charge < -0.3 is 14.9 Å². The van der Waals surface area contributed by atoms with Crippen molar-refractivity contribution in [1.82, 2.24) is 14.9 Å². The largest absolute Gasteiger partial charge is 0.357 e. The molecule has 0 unspecified atom stereocenters. The molecule has 2 heterocycles. The number of amides is 1. The average molecular weight is 334 g/mol. The maximum absolute atomic E-state index is 13.2. The molecule has 7 heteroatoms. The normalized spacial score (nSPS) is 10.9. The molecule has 5 nitrogen and oxygen atoms in total. The number of benzene rings is 1. The summed E-state index contributed by atoms with van der Waals surface area (Å²) in [6.45, 7) is 0.311. The lowest BCUT2D eigenvalue weighted by molar-refractivity contribution is 0.0783. The molecule has 0 fully saturated rings. The van der Waals surface area contributed by atoms with E-state index in [2.05, 4.69) is 9.97 Å². The molecule has 2 aromatic heterocycles. The Morgan fingerprint density at radius 1 is 1.30 bits per heavy atom. The molecule has 23 heavy (non-hydrogen) atoms. The van der Waals surface area contributed by atoms with E-state index >= 15 is 0 Å². The van der Waals surface area contributed by atoms with Gasteiger partial charge >= 0.3 is 0 Å². The Kier molecular flexibility index (Phi) is 3.92. The van der Waals surface area contributed by atoms with Gasteiger partial charge in [-0.2, -0.15) is 0 Å². The molecule has 1 aromatic carbocycles. The van der Waals surface area contributed by atoms with Crippen molar-refractivity contribution >= 4 is 28.4 Å². The fourth-order valence-electron chi connectivity index (χ4n) is 2.38. The molecule has 0 atom stereocenters. The van der Waals surface area contributed by atoms with Gasteiger partial charge in [-0.05, 0) is 30.3 Å². The third kappa shape index (κ3) is 3.12. The number of hydrogen-bond acceptors (Lipinski definition) is 2. The molecule has 0 radical (unpaired) electrons. The van der Waals surface area contributed by atoms with Gasteiger partial charge in [-0.25, -0.2) is 4.39 Å². The average Bonchev–Trinajstić information content (AvgIpc) is 2.90. The molecule has 0 aliphatic carbocycles. The van der Waals surface area contributed by atoms with E-state index in [-0.39, 0.29) is 16.7 Å². The van der Waals surface area contributed by atoms with Gasteiger partial charge in [0.25, 0.3) is 11.5 Å². The topological polar surface area (TPSA) is 69.0 Å². The molecule has 1 amide bonds. The molecule has 0 bridgehead atoms. The van der Waals surface area contributed by atoms with E-state index in [1.165, 1.54) is 29.3 Å². The Labute approximate surface area is 135 Å². The Morgan fingerprint density at radius 2 is 2.09 bits per heavy atom. The van der Waals surface area contributed by atoms with Crippen LogP contribution in [0.25, 0.3) is 10.9 Å². The minimum Gasteiger partial charge on any atom is -0.357 e. The summed E-state index contributed by atoms with van der Waals surface area (Å²) in [6, 6.07) is 7.58. The highest BCUT2D eigenvalue weighted by Gasteiger charge is 2.14. The SMILES string of the molecule is CN(Cc1cc2cc(F)ccc2[nH]1)C(=O)c1c[nH]c(=O)c(Cl)c1. The van der Waals surface area contributed by atoms with Gasteiger partial charge in [-0.15, -0.1) is 0 Å². The van der Waals surface area contributed by atoms with Crippen molar-refractivity contribution in [2.24, 2.45) is 0 Å². The predicted octanol–water partition coefficient (Wildman–Crippen LogP) is 2.92. The standard InChI is InChI=1S/C16H13ClFN3O2/c1-21(16(23)10-6-13(17)15(22)19-7-10)8-12-5-9-4-11(18)2-3-14(9)20-12/h2-7,20H,8H2,1H3,(H,19,22). The van der Waals surface area contributed by atoms with Crippen LogP contribution in [0.4, 0.5) is 4.39 Å². The van der Waals surface area contributed by atoms with E-state index in [0.717, 1.165) is 16.6 Å². The monoisotopic (exact) mass is 333 g/mol. The molecule has 0 aliphatic rings. The minimum atomic E-state index is -0.441. The van der Waals surface area contributed by atoms with Crippen LogP contribution in [0.15, 0.2) is 41.3 Å². The van der Waals surface area contributed by atoms with Gasteiger partial charge in [0.1, 0.15) is 10.8 Å². The third-order valence-electron chi connectivity index (χ3n) is 3.50. The molecule has 3 aromatic rings. The number of fused-ring (bicyclic) bond motifs is 1. The molecule has 3 rings (SSSR count). The fraction of sp³-hybridized carbons (Fsp3) is 0.125. The number of carbonyl (C=O) groups excluding carboxylic acids is 1. The lowest BCUT2D eigenvalue weighted by Crippen LogP contribution is -2.27. The Morgan fingerprint density at radius 3 is 2.83 bits per heavy atom. The van der Waals surface area contributed by atoms with Gasteiger partial charge in [0.05, 0.1) is 12.1 Å². The summed E-state index contributed by atoms with van der Waals surface area (Å²) < 4.78 is 13.2. The van der Waals surface area contributed by atoms with E-state index < -0.39 is 5.56 Å². The van der Waals surface area contributed by atoms with Crippen LogP contribution in [-0.4, -0.2) is 27.8 Å². The van der Waals surface area contributed by atoms with Crippen LogP contribution in [0.1, 0.15) is 16.1 Å². The second-order valence-electron chi connectivity index (χ2n) is 5.25. The second-order valence-corrected chi connectivity index (χ2v) is 5.66. The Hall–Kier alpha value is -2.60. The lowest BCUT2D eigenvalue weighted by Gasteiger charge is -2.16. The number of pyridine rings is 1. The molecular weight excluding hydrogens is 321 g/mol. The van der Waals surface area contributed by atoms with Crippen molar-refractivity contribution in [2.45, 2.75) is 6.54 Å². The van der Waals surface area contributed by atoms with E-state index in [0.29, 0.717) is 12.1 Å². The first-order valence-corrected chi connectivity index (χ1v) is 7.22. The van der Waals surface area contributed by atoms with Crippen LogP contribution in [0.2, 0.25) is 5.02 Å². The molecule has 2 N–H and O–H groups in total. The van der Waals surface area contributed by atoms with Crippen LogP contribution >= 0.6 is 11.6 Å². The number of hydrogen-bond donors (Lipinski definition) is 2. The van der Waals surface area contributed by atoms with Crippen molar-refractivity contribution < 1.29 is 9.18 Å². The maximum atomic E-state index is 13.2. The number of aromatic amines is 2. The Balaban J connectivity index is 1.81. The summed E-state index contributed by atoms with van der Waals surface area (Å²) in [5.74, 6) is -0.594. The molecule has 0 spiro atoms. The van der Waals surface area contributed by atoms with E-state index in [9.17, 15) is 14.0 Å². The third-order valence-corrected chi connectivity index (χ3v) is 3.78. The van der Waals surface area contributed by atoms with Crippen molar-refractivity contribution in [3.8, 4) is 0 Å². The van der Waals surface area contributed by atoms with Gasteiger partial charge in [0, 0.05) is 29.8 Å². The van der Waals surface area contributed by atoms with Gasteiger partial charge in [0.2, 0.25) is 0 Å². The van der Waals surface area contributed by atoms with Crippen LogP contribution in [0.5, 0.6) is 0 Å². The van der Waals surface area contributed by atoms with E-state index in [1.807, 2.05) is 0 Å². The minimum absolute atomic E-state index is 0.0367. The fourth-order valence-corrected chi connectivity index (χ4v) is 2.55. The molecule has 0 saturated carbocycles. The summed E-state index contributed by atoms with van der Waals surface area (Å²) >= 11 is 5.73. The molecule has 118 valence electrons. The van der Waals surface area contributed by atoms with Crippen LogP contribution in [0, 0.1) is 5.82 Å². The molecular formula is C16H13ClFN3O2. The number of aromatic nitrogens is 2. The zero-order chi connectivity index (χ0) is 16.6. The number of nitrogens with zero attached hydrogens (tertiary/aromatic N) is 1. The molecule has 0 saturated heterocycles. The van der Waals surface area contributed by atoms with Crippen molar-refractivity contribution in [3.63, 3.8) is 0 Å². The summed E-state index contributed by atoms with van der Waals surface area (Å²) in [5, 5.41) is 0.707. The first-order chi connectivity index (χ1) is 10.9. The van der Waals surface area contributed by atoms with Crippen molar-refractivity contribution in [1.29, 1.82) is 0 Å². The van der Waals surface area contributed by atoms with Crippen molar-refractivity contribution in [2.75, 3.05) is 7.05 Å². The second kappa shape index (κ2) is 5.89. The quantitative estimate of drug-likeness (QED) is 0.773. The van der Waals surface area contributed by atoms with Crippen LogP contribution in [0.3, 0.4) is 0 Å². The van der Waals surface area contributed by atoms with Gasteiger partial charge in [-0.3, -0.25) is 9.59 Å².